The number of aromatic hydroxyl groups is 2. The van der Waals surface area contributed by atoms with E-state index in [9.17, 15) is 15.0 Å². The summed E-state index contributed by atoms with van der Waals surface area (Å²) in [4.78, 5) is 14.5. The number of hydrogen-bond donors (Lipinski definition) is 3. The average molecular weight is 367 g/mol. The van der Waals surface area contributed by atoms with Crippen LogP contribution in [-0.4, -0.2) is 15.2 Å². The Morgan fingerprint density at radius 3 is 2.62 bits per heavy atom. The Morgan fingerprint density at radius 2 is 1.86 bits per heavy atom. The Bertz CT molecular complexity index is 921. The number of aromatic amines is 1. The minimum Gasteiger partial charge on any atom is -0.507 e. The second-order valence-electron chi connectivity index (χ2n) is 4.53. The molecule has 0 unspecified atom stereocenters. The topological polar surface area (TPSA) is 73.3 Å². The summed E-state index contributed by atoms with van der Waals surface area (Å²) < 4.78 is 0.782. The van der Waals surface area contributed by atoms with E-state index in [1.807, 2.05) is 0 Å². The van der Waals surface area contributed by atoms with Crippen LogP contribution in [0, 0.1) is 0 Å². The number of benzene rings is 2. The molecular formula is C15H9BrClNO3. The first-order valence-electron chi connectivity index (χ1n) is 6.01. The smallest absolute Gasteiger partial charge is 0.291 e. The molecule has 2 aromatic carbocycles. The molecule has 3 aromatic rings. The second-order valence-corrected chi connectivity index (χ2v) is 5.88. The molecule has 0 aliphatic rings. The van der Waals surface area contributed by atoms with Gasteiger partial charge in [-0.15, -0.1) is 0 Å². The summed E-state index contributed by atoms with van der Waals surface area (Å²) >= 11 is 9.31. The van der Waals surface area contributed by atoms with Crippen molar-refractivity contribution in [1.29, 1.82) is 0 Å². The third kappa shape index (κ3) is 2.39. The van der Waals surface area contributed by atoms with Gasteiger partial charge in [0, 0.05) is 31.5 Å². The molecule has 0 bridgehead atoms. The molecule has 0 spiro atoms. The Hall–Kier alpha value is -1.98. The van der Waals surface area contributed by atoms with Crippen LogP contribution in [0.15, 0.2) is 45.7 Å². The fraction of sp³-hybridized carbons (Fsp3) is 0. The van der Waals surface area contributed by atoms with Crippen LogP contribution in [0.1, 0.15) is 0 Å². The second kappa shape index (κ2) is 5.09. The molecule has 3 N–H and O–H groups in total. The summed E-state index contributed by atoms with van der Waals surface area (Å²) in [5.74, 6) is -0.528. The van der Waals surface area contributed by atoms with Gasteiger partial charge in [0.15, 0.2) is 5.75 Å². The van der Waals surface area contributed by atoms with Gasteiger partial charge in [-0.2, -0.15) is 0 Å². The molecule has 106 valence electrons. The SMILES string of the molecule is O=c1[nH]c2ccc(Br)cc2c(-c2cc(Cl)ccc2O)c1O. The highest BCUT2D eigenvalue weighted by Gasteiger charge is 2.17. The zero-order valence-corrected chi connectivity index (χ0v) is 12.9. The van der Waals surface area contributed by atoms with Crippen LogP contribution in [0.3, 0.4) is 0 Å². The molecule has 0 fully saturated rings. The number of rotatable bonds is 1. The van der Waals surface area contributed by atoms with E-state index < -0.39 is 11.3 Å². The van der Waals surface area contributed by atoms with Crippen LogP contribution in [0.5, 0.6) is 11.5 Å². The fourth-order valence-corrected chi connectivity index (χ4v) is 2.77. The fourth-order valence-electron chi connectivity index (χ4n) is 2.24. The zero-order valence-electron chi connectivity index (χ0n) is 10.5. The molecule has 0 saturated carbocycles. The highest BCUT2D eigenvalue weighted by atomic mass is 79.9. The Morgan fingerprint density at radius 1 is 1.10 bits per heavy atom. The lowest BCUT2D eigenvalue weighted by atomic mass is 9.99. The Labute approximate surface area is 132 Å². The van der Waals surface area contributed by atoms with Crippen LogP contribution >= 0.6 is 27.5 Å². The largest absolute Gasteiger partial charge is 0.507 e. The summed E-state index contributed by atoms with van der Waals surface area (Å²) in [7, 11) is 0. The van der Waals surface area contributed by atoms with Crippen molar-refractivity contribution in [3.8, 4) is 22.6 Å². The number of pyridine rings is 1. The first kappa shape index (κ1) is 14.0. The third-order valence-corrected chi connectivity index (χ3v) is 3.91. The van der Waals surface area contributed by atoms with Gasteiger partial charge in [0.05, 0.1) is 0 Å². The summed E-state index contributed by atoms with van der Waals surface area (Å²) in [5.41, 5.74) is 0.471. The van der Waals surface area contributed by atoms with Crippen molar-refractivity contribution in [1.82, 2.24) is 4.98 Å². The van der Waals surface area contributed by atoms with Crippen molar-refractivity contribution >= 4 is 38.4 Å². The van der Waals surface area contributed by atoms with E-state index in [0.717, 1.165) is 4.47 Å². The van der Waals surface area contributed by atoms with E-state index in [1.165, 1.54) is 18.2 Å². The number of halogens is 2. The first-order chi connectivity index (χ1) is 9.97. The van der Waals surface area contributed by atoms with Crippen LogP contribution < -0.4 is 5.56 Å². The summed E-state index contributed by atoms with van der Waals surface area (Å²) in [5, 5.41) is 21.2. The van der Waals surface area contributed by atoms with Crippen LogP contribution in [-0.2, 0) is 0 Å². The van der Waals surface area contributed by atoms with E-state index in [2.05, 4.69) is 20.9 Å². The Kier molecular flexibility index (Phi) is 3.39. The van der Waals surface area contributed by atoms with Gasteiger partial charge >= 0.3 is 0 Å². The van der Waals surface area contributed by atoms with Crippen molar-refractivity contribution in [2.75, 3.05) is 0 Å². The lowest BCUT2D eigenvalue weighted by Crippen LogP contribution is -2.06. The van der Waals surface area contributed by atoms with Crippen LogP contribution in [0.4, 0.5) is 0 Å². The quantitative estimate of drug-likeness (QED) is 0.609. The number of phenols is 1. The molecule has 0 amide bonds. The number of nitrogens with one attached hydrogen (secondary N) is 1. The minimum absolute atomic E-state index is 0.0680. The van der Waals surface area contributed by atoms with Gasteiger partial charge in [-0.25, -0.2) is 0 Å². The molecule has 4 nitrogen and oxygen atoms in total. The first-order valence-corrected chi connectivity index (χ1v) is 7.18. The zero-order chi connectivity index (χ0) is 15.1. The van der Waals surface area contributed by atoms with Gasteiger partial charge in [-0.1, -0.05) is 27.5 Å². The van der Waals surface area contributed by atoms with Crippen molar-refractivity contribution in [3.05, 3.63) is 56.2 Å². The molecular weight excluding hydrogens is 358 g/mol. The standard InChI is InChI=1S/C15H9BrClNO3/c16-7-1-3-11-9(5-7)13(14(20)15(21)18-11)10-6-8(17)2-4-12(10)19/h1-6,19-20H,(H,18,21). The summed E-state index contributed by atoms with van der Waals surface area (Å²) in [6.45, 7) is 0. The van der Waals surface area contributed by atoms with Gasteiger partial charge in [0.25, 0.3) is 5.56 Å². The number of H-pyrrole nitrogens is 1. The summed E-state index contributed by atoms with van der Waals surface area (Å²) in [6.07, 6.45) is 0. The predicted molar refractivity (Wildman–Crippen MR) is 86.0 cm³/mol. The van der Waals surface area contributed by atoms with E-state index in [-0.39, 0.29) is 11.3 Å². The van der Waals surface area contributed by atoms with E-state index in [4.69, 9.17) is 11.6 Å². The molecule has 0 atom stereocenters. The van der Waals surface area contributed by atoms with Crippen molar-refractivity contribution in [2.24, 2.45) is 0 Å². The maximum absolute atomic E-state index is 11.9. The molecule has 0 radical (unpaired) electrons. The van der Waals surface area contributed by atoms with Crippen LogP contribution in [0.2, 0.25) is 5.02 Å². The molecule has 1 heterocycles. The highest BCUT2D eigenvalue weighted by Crippen LogP contribution is 2.40. The number of aromatic nitrogens is 1. The molecule has 0 aliphatic carbocycles. The number of fused-ring (bicyclic) bond motifs is 1. The average Bonchev–Trinajstić information content (AvgIpc) is 2.44. The summed E-state index contributed by atoms with van der Waals surface area (Å²) in [6, 6.07) is 9.69. The van der Waals surface area contributed by atoms with Gasteiger partial charge in [-0.3, -0.25) is 4.79 Å². The van der Waals surface area contributed by atoms with Gasteiger partial charge in [-0.05, 0) is 36.4 Å². The Balaban J connectivity index is 2.51. The molecule has 6 heteroatoms. The normalized spacial score (nSPS) is 11.0. The van der Waals surface area contributed by atoms with E-state index in [1.54, 1.807) is 18.2 Å². The van der Waals surface area contributed by atoms with Gasteiger partial charge < -0.3 is 15.2 Å². The minimum atomic E-state index is -0.626. The molecule has 21 heavy (non-hydrogen) atoms. The van der Waals surface area contributed by atoms with Crippen molar-refractivity contribution < 1.29 is 10.2 Å². The molecule has 0 saturated heterocycles. The lowest BCUT2D eigenvalue weighted by Gasteiger charge is -2.11. The monoisotopic (exact) mass is 365 g/mol. The third-order valence-electron chi connectivity index (χ3n) is 3.18. The van der Waals surface area contributed by atoms with E-state index in [0.29, 0.717) is 21.5 Å². The van der Waals surface area contributed by atoms with Crippen molar-refractivity contribution in [2.45, 2.75) is 0 Å². The predicted octanol–water partition coefficient (Wildman–Crippen LogP) is 4.02. The van der Waals surface area contributed by atoms with Crippen molar-refractivity contribution in [3.63, 3.8) is 0 Å². The molecule has 3 rings (SSSR count). The van der Waals surface area contributed by atoms with Gasteiger partial charge in [0.2, 0.25) is 0 Å². The van der Waals surface area contributed by atoms with E-state index >= 15 is 0 Å². The van der Waals surface area contributed by atoms with Gasteiger partial charge in [0.1, 0.15) is 5.75 Å². The molecule has 0 aliphatic heterocycles. The maximum atomic E-state index is 11.9. The highest BCUT2D eigenvalue weighted by molar-refractivity contribution is 9.10. The number of hydrogen-bond acceptors (Lipinski definition) is 3. The maximum Gasteiger partial charge on any atom is 0.291 e. The molecule has 1 aromatic heterocycles. The number of phenolic OH excluding ortho intramolecular Hbond substituents is 1. The van der Waals surface area contributed by atoms with Crippen LogP contribution in [0.25, 0.3) is 22.0 Å². The lowest BCUT2D eigenvalue weighted by molar-refractivity contribution is 0.465.